The Morgan fingerprint density at radius 3 is 2.60 bits per heavy atom. The fourth-order valence-corrected chi connectivity index (χ4v) is 0.231. The van der Waals surface area contributed by atoms with E-state index < -0.39 is 0 Å². The average Bonchev–Trinajstić information content (AvgIpc) is 1.41. The summed E-state index contributed by atoms with van der Waals surface area (Å²) in [5, 5.41) is 0. The summed E-state index contributed by atoms with van der Waals surface area (Å²) in [7, 11) is 0. The molecule has 0 heterocycles. The predicted octanol–water partition coefficient (Wildman–Crippen LogP) is 0.528. The molecule has 0 bridgehead atoms. The molecule has 0 radical (unpaired) electrons. The Morgan fingerprint density at radius 2 is 2.60 bits per heavy atom. The highest BCUT2D eigenvalue weighted by atomic mass is 35.5. The van der Waals surface area contributed by atoms with Crippen molar-refractivity contribution in [3.05, 3.63) is 0 Å². The third-order valence-corrected chi connectivity index (χ3v) is 0.436. The second kappa shape index (κ2) is 4.31. The van der Waals surface area contributed by atoms with Crippen LogP contribution >= 0.6 is 11.5 Å². The molecule has 0 aromatic carbocycles. The van der Waals surface area contributed by atoms with Gasteiger partial charge in [-0.25, -0.2) is 0 Å². The smallest absolute Gasteiger partial charge is 0.380 e. The Balaban J connectivity index is 2.19. The lowest BCUT2D eigenvalue weighted by Gasteiger charge is -1.82. The third-order valence-electron chi connectivity index (χ3n) is 0.281. The van der Waals surface area contributed by atoms with Gasteiger partial charge in [0.1, 0.15) is 0 Å². The van der Waals surface area contributed by atoms with Crippen molar-refractivity contribution in [1.82, 2.24) is 0 Å². The molecule has 0 N–H and O–H groups in total. The van der Waals surface area contributed by atoms with Gasteiger partial charge in [-0.15, -0.1) is 0 Å². The quantitative estimate of drug-likeness (QED) is 0.452. The second-order valence-electron chi connectivity index (χ2n) is 0.602. The van der Waals surface area contributed by atoms with E-state index in [1.807, 2.05) is 6.92 Å². The van der Waals surface area contributed by atoms with Crippen LogP contribution < -0.4 is 0 Å². The van der Waals surface area contributed by atoms with Gasteiger partial charge >= 0.3 is 6.90 Å². The first kappa shape index (κ1) is 5.31. The molecule has 3 heteroatoms. The van der Waals surface area contributed by atoms with Crippen LogP contribution in [0.25, 0.3) is 0 Å². The molecule has 0 aliphatic carbocycles. The fourth-order valence-electron chi connectivity index (χ4n) is 0.0772. The minimum Gasteiger partial charge on any atom is -0.425 e. The Hall–Kier alpha value is 0.315. The molecule has 0 saturated heterocycles. The molecule has 0 rings (SSSR count). The predicted molar refractivity (Wildman–Crippen MR) is 24.6 cm³/mol. The monoisotopic (exact) mass is 92.0 g/mol. The first-order valence-electron chi connectivity index (χ1n) is 1.55. The van der Waals surface area contributed by atoms with E-state index >= 15 is 0 Å². The minimum atomic E-state index is 0.316. The zero-order chi connectivity index (χ0) is 4.12. The van der Waals surface area contributed by atoms with Crippen molar-refractivity contribution in [3.8, 4) is 0 Å². The van der Waals surface area contributed by atoms with E-state index in [1.54, 1.807) is 0 Å². The van der Waals surface area contributed by atoms with Gasteiger partial charge in [-0.2, -0.15) is 11.5 Å². The molecule has 0 unspecified atom stereocenters. The fraction of sp³-hybridized carbons (Fsp3) is 1.00. The van der Waals surface area contributed by atoms with E-state index in [0.29, 0.717) is 13.5 Å². The summed E-state index contributed by atoms with van der Waals surface area (Å²) in [5.74, 6) is 0. The van der Waals surface area contributed by atoms with Crippen LogP contribution in [0.3, 0.4) is 0 Å². The largest absolute Gasteiger partial charge is 0.425 e. The van der Waals surface area contributed by atoms with Crippen LogP contribution in [0.1, 0.15) is 6.92 Å². The molecule has 1 nitrogen and oxygen atoms in total. The van der Waals surface area contributed by atoms with Gasteiger partial charge in [0.15, 0.2) is 0 Å². The summed E-state index contributed by atoms with van der Waals surface area (Å²) in [6.45, 7) is 2.93. The molecule has 0 fully saturated rings. The molecule has 5 heavy (non-hydrogen) atoms. The summed E-state index contributed by atoms with van der Waals surface area (Å²) in [5.41, 5.74) is 0. The van der Waals surface area contributed by atoms with Crippen molar-refractivity contribution in [2.45, 2.75) is 6.92 Å². The highest BCUT2D eigenvalue weighted by Gasteiger charge is 1.72. The third kappa shape index (κ3) is 4.31. The summed E-state index contributed by atoms with van der Waals surface area (Å²) >= 11 is 5.08. The van der Waals surface area contributed by atoms with E-state index in [0.717, 1.165) is 0 Å². The van der Waals surface area contributed by atoms with E-state index in [9.17, 15) is 0 Å². The summed E-state index contributed by atoms with van der Waals surface area (Å²) in [4.78, 5) is 0. The SMILES string of the molecule is CCOBCl. The molecule has 0 aliphatic rings. The molecule has 0 aliphatic heterocycles. The van der Waals surface area contributed by atoms with Crippen molar-refractivity contribution < 1.29 is 4.65 Å². The Kier molecular flexibility index (Phi) is 4.59. The highest BCUT2D eigenvalue weighted by molar-refractivity contribution is 6.89. The van der Waals surface area contributed by atoms with Gasteiger partial charge in [0.2, 0.25) is 0 Å². The van der Waals surface area contributed by atoms with Crippen molar-refractivity contribution >= 4 is 18.4 Å². The van der Waals surface area contributed by atoms with Crippen molar-refractivity contribution in [1.29, 1.82) is 0 Å². The van der Waals surface area contributed by atoms with Crippen LogP contribution in [0.4, 0.5) is 0 Å². The first-order valence-corrected chi connectivity index (χ1v) is 2.09. The first-order chi connectivity index (χ1) is 2.41. The van der Waals surface area contributed by atoms with Gasteiger partial charge in [0.25, 0.3) is 0 Å². The van der Waals surface area contributed by atoms with Crippen LogP contribution in [-0.2, 0) is 4.65 Å². The maximum atomic E-state index is 5.08. The van der Waals surface area contributed by atoms with Crippen molar-refractivity contribution in [3.63, 3.8) is 0 Å². The topological polar surface area (TPSA) is 9.23 Å². The Labute approximate surface area is 37.5 Å². The van der Waals surface area contributed by atoms with E-state index in [2.05, 4.69) is 4.65 Å². The zero-order valence-corrected chi connectivity index (χ0v) is 3.96. The lowest BCUT2D eigenvalue weighted by molar-refractivity contribution is 0.371. The summed E-state index contributed by atoms with van der Waals surface area (Å²) in [6.07, 6.45) is 0. The maximum Gasteiger partial charge on any atom is 0.380 e. The van der Waals surface area contributed by atoms with Gasteiger partial charge in [-0.1, -0.05) is 0 Å². The van der Waals surface area contributed by atoms with E-state index in [-0.39, 0.29) is 0 Å². The van der Waals surface area contributed by atoms with Gasteiger partial charge in [0, 0.05) is 6.61 Å². The lowest BCUT2D eigenvalue weighted by Crippen LogP contribution is -1.86. The normalized spacial score (nSPS) is 7.60. The Morgan fingerprint density at radius 1 is 2.00 bits per heavy atom. The number of hydrogen-bond acceptors (Lipinski definition) is 1. The summed E-state index contributed by atoms with van der Waals surface area (Å²) in [6, 6.07) is 0. The van der Waals surface area contributed by atoms with Crippen LogP contribution in [-0.4, -0.2) is 13.5 Å². The minimum absolute atomic E-state index is 0.316. The van der Waals surface area contributed by atoms with Gasteiger partial charge in [-0.3, -0.25) is 0 Å². The zero-order valence-electron chi connectivity index (χ0n) is 3.20. The van der Waals surface area contributed by atoms with E-state index in [1.165, 1.54) is 0 Å². The van der Waals surface area contributed by atoms with Crippen molar-refractivity contribution in [2.24, 2.45) is 0 Å². The van der Waals surface area contributed by atoms with Crippen molar-refractivity contribution in [2.75, 3.05) is 6.61 Å². The molecule has 30 valence electrons. The summed E-state index contributed by atoms with van der Waals surface area (Å²) < 4.78 is 4.60. The average molecular weight is 92.3 g/mol. The lowest BCUT2D eigenvalue weighted by atomic mass is 10.5. The number of hydrogen-bond donors (Lipinski definition) is 0. The standard InChI is InChI=1S/C2H6BClO/c1-2-5-3-4/h3H,2H2,1H3. The molecule has 0 aromatic rings. The molecule has 0 spiro atoms. The Bertz CT molecular complexity index is 17.1. The van der Waals surface area contributed by atoms with Gasteiger partial charge < -0.3 is 4.65 Å². The molecule has 0 aromatic heterocycles. The molecular formula is C2H6BClO. The van der Waals surface area contributed by atoms with Crippen LogP contribution in [0, 0.1) is 0 Å². The highest BCUT2D eigenvalue weighted by Crippen LogP contribution is 1.69. The van der Waals surface area contributed by atoms with Gasteiger partial charge in [-0.05, 0) is 6.92 Å². The van der Waals surface area contributed by atoms with Crippen LogP contribution in [0.5, 0.6) is 0 Å². The number of halogens is 1. The molecule has 0 saturated carbocycles. The number of rotatable bonds is 2. The van der Waals surface area contributed by atoms with Gasteiger partial charge in [0.05, 0.1) is 0 Å². The molecular weight excluding hydrogens is 86.3 g/mol. The second-order valence-corrected chi connectivity index (χ2v) is 0.820. The molecule has 0 amide bonds. The van der Waals surface area contributed by atoms with E-state index in [4.69, 9.17) is 11.5 Å². The maximum absolute atomic E-state index is 5.08. The van der Waals surface area contributed by atoms with Crippen LogP contribution in [0.15, 0.2) is 0 Å². The molecule has 0 atom stereocenters. The van der Waals surface area contributed by atoms with Crippen LogP contribution in [0.2, 0.25) is 0 Å².